The van der Waals surface area contributed by atoms with Crippen molar-refractivity contribution in [3.05, 3.63) is 11.8 Å². The lowest BCUT2D eigenvalue weighted by Gasteiger charge is -2.07. The van der Waals surface area contributed by atoms with Gasteiger partial charge in [-0.05, 0) is 7.05 Å². The number of hydrogen-bond acceptors (Lipinski definition) is 1. The molecular formula is C7H17NSi. The second-order valence-electron chi connectivity index (χ2n) is 3.33. The highest BCUT2D eigenvalue weighted by molar-refractivity contribution is 6.80. The van der Waals surface area contributed by atoms with Crippen molar-refractivity contribution in [2.45, 2.75) is 19.6 Å². The number of likely N-dealkylation sites (N-methyl/N-ethyl adjacent to an activating group) is 1. The summed E-state index contributed by atoms with van der Waals surface area (Å²) in [6.07, 6.45) is 2.21. The zero-order valence-electron chi connectivity index (χ0n) is 6.86. The molecule has 0 heterocycles. The molecule has 0 saturated carbocycles. The zero-order chi connectivity index (χ0) is 7.33. The quantitative estimate of drug-likeness (QED) is 0.592. The molecule has 0 aliphatic carbocycles. The highest BCUT2D eigenvalue weighted by Gasteiger charge is 2.05. The molecule has 54 valence electrons. The molecule has 0 aromatic carbocycles. The van der Waals surface area contributed by atoms with E-state index in [-0.39, 0.29) is 0 Å². The van der Waals surface area contributed by atoms with E-state index in [4.69, 9.17) is 0 Å². The van der Waals surface area contributed by atoms with Crippen molar-refractivity contribution in [3.8, 4) is 0 Å². The van der Waals surface area contributed by atoms with Gasteiger partial charge in [0, 0.05) is 6.54 Å². The first kappa shape index (κ1) is 8.92. The Bertz CT molecular complexity index is 91.6. The molecule has 0 aromatic heterocycles. The first-order chi connectivity index (χ1) is 4.06. The predicted molar refractivity (Wildman–Crippen MR) is 46.4 cm³/mol. The minimum Gasteiger partial charge on any atom is -0.316 e. The van der Waals surface area contributed by atoms with Crippen LogP contribution in [-0.2, 0) is 0 Å². The third-order valence-corrected chi connectivity index (χ3v) is 2.18. The summed E-state index contributed by atoms with van der Waals surface area (Å²) in [5.74, 6) is 0. The summed E-state index contributed by atoms with van der Waals surface area (Å²) in [5.41, 5.74) is 2.35. The van der Waals surface area contributed by atoms with Crippen LogP contribution in [0, 0.1) is 0 Å². The fourth-order valence-corrected chi connectivity index (χ4v) is 1.36. The Labute approximate surface area is 59.2 Å². The van der Waals surface area contributed by atoms with E-state index in [2.05, 4.69) is 36.7 Å². The molecule has 0 bridgehead atoms. The third-order valence-electron chi connectivity index (χ3n) is 0.940. The lowest BCUT2D eigenvalue weighted by molar-refractivity contribution is 0.920. The maximum absolute atomic E-state index is 3.08. The molecular weight excluding hydrogens is 126 g/mol. The molecule has 0 rings (SSSR count). The molecule has 2 heteroatoms. The monoisotopic (exact) mass is 143 g/mol. The highest BCUT2D eigenvalue weighted by Crippen LogP contribution is 2.00. The van der Waals surface area contributed by atoms with Gasteiger partial charge >= 0.3 is 0 Å². The van der Waals surface area contributed by atoms with Gasteiger partial charge in [-0.2, -0.15) is 0 Å². The van der Waals surface area contributed by atoms with Crippen molar-refractivity contribution >= 4 is 8.07 Å². The van der Waals surface area contributed by atoms with E-state index in [9.17, 15) is 0 Å². The van der Waals surface area contributed by atoms with Gasteiger partial charge in [-0.25, -0.2) is 0 Å². The van der Waals surface area contributed by atoms with Crippen molar-refractivity contribution < 1.29 is 0 Å². The molecule has 9 heavy (non-hydrogen) atoms. The van der Waals surface area contributed by atoms with Gasteiger partial charge in [-0.3, -0.25) is 0 Å². The van der Waals surface area contributed by atoms with E-state index in [1.165, 1.54) is 0 Å². The predicted octanol–water partition coefficient (Wildman–Crippen LogP) is 1.64. The maximum Gasteiger partial charge on any atom is 0.0683 e. The molecule has 0 aliphatic heterocycles. The van der Waals surface area contributed by atoms with Gasteiger partial charge in [0.1, 0.15) is 0 Å². The van der Waals surface area contributed by atoms with E-state index in [1.54, 1.807) is 0 Å². The summed E-state index contributed by atoms with van der Waals surface area (Å²) in [6, 6.07) is 0. The van der Waals surface area contributed by atoms with Gasteiger partial charge in [0.2, 0.25) is 0 Å². The largest absolute Gasteiger partial charge is 0.316 e. The summed E-state index contributed by atoms with van der Waals surface area (Å²) in [5, 5.41) is 3.08. The van der Waals surface area contributed by atoms with E-state index < -0.39 is 8.07 Å². The Hall–Kier alpha value is -0.0831. The SMILES string of the molecule is CNC/C=C\[Si](C)(C)C. The Morgan fingerprint density at radius 2 is 1.89 bits per heavy atom. The van der Waals surface area contributed by atoms with E-state index in [0.717, 1.165) is 6.54 Å². The Kier molecular flexibility index (Phi) is 3.82. The zero-order valence-corrected chi connectivity index (χ0v) is 7.86. The van der Waals surface area contributed by atoms with Crippen molar-refractivity contribution in [1.82, 2.24) is 5.32 Å². The second-order valence-corrected chi connectivity index (χ2v) is 8.39. The fourth-order valence-electron chi connectivity index (χ4n) is 0.530. The summed E-state index contributed by atoms with van der Waals surface area (Å²) in [4.78, 5) is 0. The lowest BCUT2D eigenvalue weighted by atomic mass is 10.6. The molecule has 0 saturated heterocycles. The smallest absolute Gasteiger partial charge is 0.0683 e. The van der Waals surface area contributed by atoms with Gasteiger partial charge in [-0.15, -0.1) is 0 Å². The fraction of sp³-hybridized carbons (Fsp3) is 0.714. The van der Waals surface area contributed by atoms with Crippen molar-refractivity contribution in [2.24, 2.45) is 0 Å². The van der Waals surface area contributed by atoms with Crippen molar-refractivity contribution in [1.29, 1.82) is 0 Å². The topological polar surface area (TPSA) is 12.0 Å². The van der Waals surface area contributed by atoms with E-state index in [0.29, 0.717) is 0 Å². The molecule has 0 atom stereocenters. The minimum atomic E-state index is -0.915. The number of nitrogens with one attached hydrogen (secondary N) is 1. The highest BCUT2D eigenvalue weighted by atomic mass is 28.3. The average Bonchev–Trinajstić information content (AvgIpc) is 1.63. The first-order valence-corrected chi connectivity index (χ1v) is 6.96. The molecule has 0 aliphatic rings. The first-order valence-electron chi connectivity index (χ1n) is 3.38. The molecule has 1 N–H and O–H groups in total. The normalized spacial score (nSPS) is 12.9. The second kappa shape index (κ2) is 3.85. The van der Waals surface area contributed by atoms with Crippen LogP contribution in [-0.4, -0.2) is 21.7 Å². The standard InChI is InChI=1S/C7H17NSi/c1-8-6-5-7-9(2,3)4/h5,7-8H,6H2,1-4H3/b7-5-. The van der Waals surface area contributed by atoms with Crippen LogP contribution in [0.2, 0.25) is 19.6 Å². The Balaban J connectivity index is 3.45. The van der Waals surface area contributed by atoms with Crippen LogP contribution in [0.25, 0.3) is 0 Å². The molecule has 0 spiro atoms. The summed E-state index contributed by atoms with van der Waals surface area (Å²) < 4.78 is 0. The molecule has 0 aromatic rings. The van der Waals surface area contributed by atoms with Crippen LogP contribution in [0.15, 0.2) is 11.8 Å². The Morgan fingerprint density at radius 3 is 2.22 bits per heavy atom. The van der Waals surface area contributed by atoms with Gasteiger partial charge in [-0.1, -0.05) is 31.4 Å². The van der Waals surface area contributed by atoms with Crippen molar-refractivity contribution in [3.63, 3.8) is 0 Å². The van der Waals surface area contributed by atoms with Crippen LogP contribution >= 0.6 is 0 Å². The third kappa shape index (κ3) is 7.92. The average molecular weight is 143 g/mol. The number of hydrogen-bond donors (Lipinski definition) is 1. The van der Waals surface area contributed by atoms with Crippen LogP contribution in [0.5, 0.6) is 0 Å². The van der Waals surface area contributed by atoms with Crippen LogP contribution in [0.1, 0.15) is 0 Å². The van der Waals surface area contributed by atoms with E-state index in [1.807, 2.05) is 7.05 Å². The molecule has 0 radical (unpaired) electrons. The van der Waals surface area contributed by atoms with Crippen LogP contribution < -0.4 is 5.32 Å². The Morgan fingerprint density at radius 1 is 1.33 bits per heavy atom. The van der Waals surface area contributed by atoms with Crippen molar-refractivity contribution in [2.75, 3.05) is 13.6 Å². The van der Waals surface area contributed by atoms with Gasteiger partial charge in [0.25, 0.3) is 0 Å². The summed E-state index contributed by atoms with van der Waals surface area (Å²) in [7, 11) is 1.05. The molecule has 0 fully saturated rings. The molecule has 0 unspecified atom stereocenters. The summed E-state index contributed by atoms with van der Waals surface area (Å²) >= 11 is 0. The van der Waals surface area contributed by atoms with Crippen LogP contribution in [0.4, 0.5) is 0 Å². The van der Waals surface area contributed by atoms with Gasteiger partial charge in [0.15, 0.2) is 0 Å². The van der Waals surface area contributed by atoms with Crippen LogP contribution in [0.3, 0.4) is 0 Å². The summed E-state index contributed by atoms with van der Waals surface area (Å²) in [6.45, 7) is 8.00. The minimum absolute atomic E-state index is 0.915. The van der Waals surface area contributed by atoms with E-state index >= 15 is 0 Å². The maximum atomic E-state index is 3.08. The molecule has 0 amide bonds. The lowest BCUT2D eigenvalue weighted by Crippen LogP contribution is -2.16. The molecule has 1 nitrogen and oxygen atoms in total. The van der Waals surface area contributed by atoms with Gasteiger partial charge < -0.3 is 5.32 Å². The number of rotatable bonds is 3. The van der Waals surface area contributed by atoms with Gasteiger partial charge in [0.05, 0.1) is 8.07 Å².